The molecule has 0 fully saturated rings. The summed E-state index contributed by atoms with van der Waals surface area (Å²) in [7, 11) is 4.92. The van der Waals surface area contributed by atoms with Gasteiger partial charge in [0, 0.05) is 14.1 Å². The molecule has 1 aromatic rings. The maximum absolute atomic E-state index is 12.0. The summed E-state index contributed by atoms with van der Waals surface area (Å²) in [5, 5.41) is 5.56. The monoisotopic (exact) mass is 305 g/mol. The van der Waals surface area contributed by atoms with Gasteiger partial charge in [0.15, 0.2) is 0 Å². The lowest BCUT2D eigenvalue weighted by molar-refractivity contribution is -0.120. The zero-order valence-corrected chi connectivity index (χ0v) is 13.3. The molecule has 0 saturated heterocycles. The summed E-state index contributed by atoms with van der Waals surface area (Å²) in [6, 6.07) is 5.68. The zero-order chi connectivity index (χ0) is 16.1. The minimum Gasteiger partial charge on any atom is -0.497 e. The zero-order valence-electron chi connectivity index (χ0n) is 13.3. The Labute approximate surface area is 130 Å². The van der Waals surface area contributed by atoms with E-state index in [9.17, 15) is 9.59 Å². The molecule has 2 N–H and O–H groups in total. The highest BCUT2D eigenvalue weighted by Crippen LogP contribution is 2.32. The standard InChI is InChI=1S/C16H23N3O3/c1-19(2)16(21)17-10-15(20)18-14-6-4-5-11-9-12(22-3)7-8-13(11)14/h7-9,14H,4-6,10H2,1-3H3,(H,17,21)(H,18,20). The van der Waals surface area contributed by atoms with E-state index in [4.69, 9.17) is 4.74 Å². The molecule has 1 atom stereocenters. The van der Waals surface area contributed by atoms with E-state index in [1.54, 1.807) is 21.2 Å². The first-order valence-corrected chi connectivity index (χ1v) is 7.42. The lowest BCUT2D eigenvalue weighted by Gasteiger charge is -2.27. The number of ether oxygens (including phenoxy) is 1. The first-order valence-electron chi connectivity index (χ1n) is 7.42. The quantitative estimate of drug-likeness (QED) is 0.885. The number of carbonyl (C=O) groups is 2. The fraction of sp³-hybridized carbons (Fsp3) is 0.500. The topological polar surface area (TPSA) is 70.7 Å². The van der Waals surface area contributed by atoms with E-state index >= 15 is 0 Å². The second-order valence-electron chi connectivity index (χ2n) is 5.63. The molecule has 0 bridgehead atoms. The van der Waals surface area contributed by atoms with Crippen molar-refractivity contribution in [3.63, 3.8) is 0 Å². The summed E-state index contributed by atoms with van der Waals surface area (Å²) in [6.45, 7) is -0.0149. The van der Waals surface area contributed by atoms with Crippen LogP contribution in [0, 0.1) is 0 Å². The van der Waals surface area contributed by atoms with E-state index in [2.05, 4.69) is 10.6 Å². The maximum atomic E-state index is 12.0. The third-order valence-corrected chi connectivity index (χ3v) is 3.81. The lowest BCUT2D eigenvalue weighted by Crippen LogP contribution is -2.42. The highest BCUT2D eigenvalue weighted by molar-refractivity contribution is 5.84. The van der Waals surface area contributed by atoms with Crippen molar-refractivity contribution in [3.8, 4) is 5.75 Å². The number of fused-ring (bicyclic) bond motifs is 1. The Balaban J connectivity index is 1.97. The number of nitrogens with one attached hydrogen (secondary N) is 2. The number of urea groups is 1. The fourth-order valence-corrected chi connectivity index (χ4v) is 2.63. The minimum absolute atomic E-state index is 0.00147. The molecule has 22 heavy (non-hydrogen) atoms. The van der Waals surface area contributed by atoms with Crippen LogP contribution in [0.2, 0.25) is 0 Å². The molecule has 1 aliphatic rings. The van der Waals surface area contributed by atoms with E-state index in [-0.39, 0.29) is 24.5 Å². The van der Waals surface area contributed by atoms with Crippen LogP contribution >= 0.6 is 0 Å². The minimum atomic E-state index is -0.274. The van der Waals surface area contributed by atoms with Crippen LogP contribution in [0.1, 0.15) is 30.0 Å². The highest BCUT2D eigenvalue weighted by atomic mass is 16.5. The van der Waals surface area contributed by atoms with Crippen molar-refractivity contribution in [2.45, 2.75) is 25.3 Å². The second-order valence-corrected chi connectivity index (χ2v) is 5.63. The maximum Gasteiger partial charge on any atom is 0.317 e. The van der Waals surface area contributed by atoms with Crippen molar-refractivity contribution < 1.29 is 14.3 Å². The highest BCUT2D eigenvalue weighted by Gasteiger charge is 2.22. The first-order chi connectivity index (χ1) is 10.5. The van der Waals surface area contributed by atoms with Crippen molar-refractivity contribution in [3.05, 3.63) is 29.3 Å². The molecule has 1 aromatic carbocycles. The summed E-state index contributed by atoms with van der Waals surface area (Å²) in [4.78, 5) is 24.8. The first kappa shape index (κ1) is 16.1. The van der Waals surface area contributed by atoms with Crippen LogP contribution in [0.15, 0.2) is 18.2 Å². The average molecular weight is 305 g/mol. The van der Waals surface area contributed by atoms with Crippen LogP contribution in [-0.4, -0.2) is 44.6 Å². The molecule has 6 heteroatoms. The summed E-state index contributed by atoms with van der Waals surface area (Å²) >= 11 is 0. The van der Waals surface area contributed by atoms with E-state index in [0.717, 1.165) is 30.6 Å². The molecule has 0 heterocycles. The molecular weight excluding hydrogens is 282 g/mol. The van der Waals surface area contributed by atoms with Crippen LogP contribution in [0.3, 0.4) is 0 Å². The van der Waals surface area contributed by atoms with Gasteiger partial charge in [-0.2, -0.15) is 0 Å². The van der Waals surface area contributed by atoms with Crippen LogP contribution < -0.4 is 15.4 Å². The van der Waals surface area contributed by atoms with Crippen molar-refractivity contribution in [2.75, 3.05) is 27.7 Å². The number of rotatable bonds is 4. The summed E-state index contributed by atoms with van der Waals surface area (Å²) in [6.07, 6.45) is 2.93. The van der Waals surface area contributed by atoms with Gasteiger partial charge in [-0.15, -0.1) is 0 Å². The van der Waals surface area contributed by atoms with Gasteiger partial charge in [0.05, 0.1) is 19.7 Å². The molecule has 0 spiro atoms. The Kier molecular flexibility index (Phi) is 5.25. The molecule has 0 saturated carbocycles. The van der Waals surface area contributed by atoms with Gasteiger partial charge >= 0.3 is 6.03 Å². The molecule has 0 aliphatic heterocycles. The van der Waals surface area contributed by atoms with Crippen LogP contribution in [0.4, 0.5) is 4.79 Å². The Hall–Kier alpha value is -2.24. The lowest BCUT2D eigenvalue weighted by atomic mass is 9.87. The molecule has 2 rings (SSSR count). The number of nitrogens with zero attached hydrogens (tertiary/aromatic N) is 1. The number of amides is 3. The molecule has 1 aliphatic carbocycles. The van der Waals surface area contributed by atoms with Gasteiger partial charge < -0.3 is 20.3 Å². The number of hydrogen-bond donors (Lipinski definition) is 2. The van der Waals surface area contributed by atoms with Crippen LogP contribution in [-0.2, 0) is 11.2 Å². The van der Waals surface area contributed by atoms with Crippen molar-refractivity contribution in [2.24, 2.45) is 0 Å². The molecule has 1 unspecified atom stereocenters. The third kappa shape index (κ3) is 3.90. The molecule has 3 amide bonds. The van der Waals surface area contributed by atoms with Crippen LogP contribution in [0.25, 0.3) is 0 Å². The molecular formula is C16H23N3O3. The van der Waals surface area contributed by atoms with Gasteiger partial charge in [-0.25, -0.2) is 4.79 Å². The van der Waals surface area contributed by atoms with Gasteiger partial charge in [-0.3, -0.25) is 4.79 Å². The Bertz CT molecular complexity index is 558. The molecule has 0 aromatic heterocycles. The van der Waals surface area contributed by atoms with Gasteiger partial charge in [-0.1, -0.05) is 6.07 Å². The van der Waals surface area contributed by atoms with E-state index in [0.29, 0.717) is 0 Å². The molecule has 0 radical (unpaired) electrons. The summed E-state index contributed by atoms with van der Waals surface area (Å²) < 4.78 is 5.24. The number of benzene rings is 1. The number of methoxy groups -OCH3 is 1. The Morgan fingerprint density at radius 2 is 2.14 bits per heavy atom. The van der Waals surface area contributed by atoms with E-state index < -0.39 is 0 Å². The summed E-state index contributed by atoms with van der Waals surface area (Å²) in [5.74, 6) is 0.660. The van der Waals surface area contributed by atoms with Gasteiger partial charge in [0.25, 0.3) is 0 Å². The smallest absolute Gasteiger partial charge is 0.317 e. The second kappa shape index (κ2) is 7.15. The SMILES string of the molecule is COc1ccc2c(c1)CCCC2NC(=O)CNC(=O)N(C)C. The number of carbonyl (C=O) groups excluding carboxylic acids is 2. The Morgan fingerprint density at radius 1 is 1.36 bits per heavy atom. The van der Waals surface area contributed by atoms with Crippen molar-refractivity contribution in [1.29, 1.82) is 0 Å². The van der Waals surface area contributed by atoms with Crippen LogP contribution in [0.5, 0.6) is 5.75 Å². The van der Waals surface area contributed by atoms with E-state index in [1.807, 2.05) is 18.2 Å². The van der Waals surface area contributed by atoms with E-state index in [1.165, 1.54) is 10.5 Å². The predicted octanol–water partition coefficient (Wildman–Crippen LogP) is 1.46. The largest absolute Gasteiger partial charge is 0.497 e. The van der Waals surface area contributed by atoms with Crippen molar-refractivity contribution in [1.82, 2.24) is 15.5 Å². The number of hydrogen-bond acceptors (Lipinski definition) is 3. The average Bonchev–Trinajstić information content (AvgIpc) is 2.52. The third-order valence-electron chi connectivity index (χ3n) is 3.81. The fourth-order valence-electron chi connectivity index (χ4n) is 2.63. The van der Waals surface area contributed by atoms with Gasteiger partial charge in [0.1, 0.15) is 5.75 Å². The number of aryl methyl sites for hydroxylation is 1. The molecule has 120 valence electrons. The summed E-state index contributed by atoms with van der Waals surface area (Å²) in [5.41, 5.74) is 2.35. The van der Waals surface area contributed by atoms with Gasteiger partial charge in [-0.05, 0) is 42.5 Å². The van der Waals surface area contributed by atoms with Gasteiger partial charge in [0.2, 0.25) is 5.91 Å². The molecule has 6 nitrogen and oxygen atoms in total. The predicted molar refractivity (Wildman–Crippen MR) is 83.9 cm³/mol. The Morgan fingerprint density at radius 3 is 2.82 bits per heavy atom. The normalized spacial score (nSPS) is 16.4. The van der Waals surface area contributed by atoms with Crippen molar-refractivity contribution >= 4 is 11.9 Å².